The van der Waals surface area contributed by atoms with Crippen molar-refractivity contribution in [2.45, 2.75) is 19.4 Å². The number of halogens is 1. The number of benzene rings is 1. The molecule has 1 aliphatic rings. The summed E-state index contributed by atoms with van der Waals surface area (Å²) in [6.07, 6.45) is 1.21. The summed E-state index contributed by atoms with van der Waals surface area (Å²) in [5.41, 5.74) is 1.11. The fourth-order valence-electron chi connectivity index (χ4n) is 2.76. The number of piperazine rings is 1. The largest absolute Gasteiger partial charge is 0.394 e. The summed E-state index contributed by atoms with van der Waals surface area (Å²) in [6.45, 7) is 7.74. The van der Waals surface area contributed by atoms with E-state index in [9.17, 15) is 5.11 Å². The molecule has 0 radical (unpaired) electrons. The van der Waals surface area contributed by atoms with Gasteiger partial charge in [0, 0.05) is 31.2 Å². The van der Waals surface area contributed by atoms with Crippen LogP contribution in [0.1, 0.15) is 24.9 Å². The van der Waals surface area contributed by atoms with Crippen LogP contribution in [0.3, 0.4) is 0 Å². The molecule has 1 unspecified atom stereocenters. The maximum Gasteiger partial charge on any atom is 0.0628 e. The first kappa shape index (κ1) is 14.8. The van der Waals surface area contributed by atoms with E-state index in [1.54, 1.807) is 0 Å². The van der Waals surface area contributed by atoms with Gasteiger partial charge >= 0.3 is 0 Å². The van der Waals surface area contributed by atoms with Crippen LogP contribution >= 0.6 is 11.6 Å². The van der Waals surface area contributed by atoms with Gasteiger partial charge in [-0.1, -0.05) is 30.7 Å². The molecule has 1 aliphatic heterocycles. The highest BCUT2D eigenvalue weighted by atomic mass is 35.5. The summed E-state index contributed by atoms with van der Waals surface area (Å²) >= 11 is 6.04. The third-order valence-electron chi connectivity index (χ3n) is 3.79. The zero-order valence-electron chi connectivity index (χ0n) is 11.6. The molecule has 1 saturated heterocycles. The summed E-state index contributed by atoms with van der Waals surface area (Å²) in [5, 5.41) is 10.4. The summed E-state index contributed by atoms with van der Waals surface area (Å²) in [6, 6.07) is 7.90. The first-order chi connectivity index (χ1) is 9.24. The van der Waals surface area contributed by atoms with E-state index in [1.165, 1.54) is 13.0 Å². The van der Waals surface area contributed by atoms with Gasteiger partial charge in [0.05, 0.1) is 12.6 Å². The lowest BCUT2D eigenvalue weighted by Crippen LogP contribution is -2.48. The molecular formula is C15H23ClN2O. The van der Waals surface area contributed by atoms with Crippen molar-refractivity contribution in [2.24, 2.45) is 0 Å². The summed E-state index contributed by atoms with van der Waals surface area (Å²) in [5.74, 6) is 0. The summed E-state index contributed by atoms with van der Waals surface area (Å²) in [7, 11) is 0. The molecule has 2 rings (SSSR count). The molecule has 1 atom stereocenters. The molecule has 3 nitrogen and oxygen atoms in total. The molecule has 1 aromatic carbocycles. The predicted molar refractivity (Wildman–Crippen MR) is 79.6 cm³/mol. The SMILES string of the molecule is CCCN1CCN(C(CO)c2cccc(Cl)c2)CC1. The third-order valence-corrected chi connectivity index (χ3v) is 4.03. The van der Waals surface area contributed by atoms with E-state index in [4.69, 9.17) is 11.6 Å². The highest BCUT2D eigenvalue weighted by Crippen LogP contribution is 2.24. The third kappa shape index (κ3) is 3.93. The van der Waals surface area contributed by atoms with Gasteiger partial charge in [0.25, 0.3) is 0 Å². The molecule has 4 heteroatoms. The Morgan fingerprint density at radius 3 is 2.58 bits per heavy atom. The maximum atomic E-state index is 9.69. The van der Waals surface area contributed by atoms with Crippen LogP contribution in [-0.2, 0) is 0 Å². The molecule has 1 heterocycles. The van der Waals surface area contributed by atoms with Crippen LogP contribution in [0.4, 0.5) is 0 Å². The molecule has 0 aromatic heterocycles. The van der Waals surface area contributed by atoms with Gasteiger partial charge in [0.1, 0.15) is 0 Å². The van der Waals surface area contributed by atoms with Crippen LogP contribution in [0.5, 0.6) is 0 Å². The second kappa shape index (κ2) is 7.25. The molecule has 0 aliphatic carbocycles. The second-order valence-corrected chi connectivity index (χ2v) is 5.57. The quantitative estimate of drug-likeness (QED) is 0.898. The van der Waals surface area contributed by atoms with Crippen molar-refractivity contribution in [2.75, 3.05) is 39.3 Å². The smallest absolute Gasteiger partial charge is 0.0628 e. The summed E-state index contributed by atoms with van der Waals surface area (Å²) < 4.78 is 0. The lowest BCUT2D eigenvalue weighted by molar-refractivity contribution is 0.0651. The Bertz CT molecular complexity index is 391. The first-order valence-corrected chi connectivity index (χ1v) is 7.45. The van der Waals surface area contributed by atoms with Crippen molar-refractivity contribution in [3.8, 4) is 0 Å². The predicted octanol–water partition coefficient (Wildman–Crippen LogP) is 2.40. The molecule has 19 heavy (non-hydrogen) atoms. The van der Waals surface area contributed by atoms with E-state index in [-0.39, 0.29) is 12.6 Å². The van der Waals surface area contributed by atoms with Crippen molar-refractivity contribution < 1.29 is 5.11 Å². The fraction of sp³-hybridized carbons (Fsp3) is 0.600. The van der Waals surface area contributed by atoms with E-state index < -0.39 is 0 Å². The van der Waals surface area contributed by atoms with Crippen LogP contribution in [-0.4, -0.2) is 54.2 Å². The van der Waals surface area contributed by atoms with Crippen LogP contribution in [0.25, 0.3) is 0 Å². The Hall–Kier alpha value is -0.610. The molecule has 0 spiro atoms. The molecular weight excluding hydrogens is 260 g/mol. The van der Waals surface area contributed by atoms with Gasteiger partial charge in [-0.3, -0.25) is 4.90 Å². The highest BCUT2D eigenvalue weighted by Gasteiger charge is 2.24. The second-order valence-electron chi connectivity index (χ2n) is 5.13. The zero-order chi connectivity index (χ0) is 13.7. The Labute approximate surface area is 120 Å². The van der Waals surface area contributed by atoms with E-state index in [2.05, 4.69) is 16.7 Å². The molecule has 106 valence electrons. The van der Waals surface area contributed by atoms with Crippen LogP contribution in [0.2, 0.25) is 5.02 Å². The molecule has 0 bridgehead atoms. The lowest BCUT2D eigenvalue weighted by atomic mass is 10.1. The van der Waals surface area contributed by atoms with Crippen molar-refractivity contribution >= 4 is 11.6 Å². The first-order valence-electron chi connectivity index (χ1n) is 7.07. The normalized spacial score (nSPS) is 19.5. The fourth-order valence-corrected chi connectivity index (χ4v) is 2.96. The molecule has 0 saturated carbocycles. The minimum absolute atomic E-state index is 0.0717. The number of aliphatic hydroxyl groups is 1. The van der Waals surface area contributed by atoms with Crippen molar-refractivity contribution in [3.05, 3.63) is 34.9 Å². The minimum atomic E-state index is 0.0717. The molecule has 1 fully saturated rings. The van der Waals surface area contributed by atoms with Gasteiger partial charge in [-0.05, 0) is 30.7 Å². The van der Waals surface area contributed by atoms with Gasteiger partial charge in [-0.2, -0.15) is 0 Å². The van der Waals surface area contributed by atoms with E-state index >= 15 is 0 Å². The number of rotatable bonds is 5. The van der Waals surface area contributed by atoms with E-state index in [0.717, 1.165) is 36.8 Å². The van der Waals surface area contributed by atoms with Crippen molar-refractivity contribution in [3.63, 3.8) is 0 Å². The standard InChI is InChI=1S/C15H23ClN2O/c1-2-6-17-7-9-18(10-8-17)15(12-19)13-4-3-5-14(16)11-13/h3-5,11,15,19H,2,6-10,12H2,1H3. The lowest BCUT2D eigenvalue weighted by Gasteiger charge is -2.38. The van der Waals surface area contributed by atoms with Gasteiger partial charge < -0.3 is 10.0 Å². The van der Waals surface area contributed by atoms with Crippen molar-refractivity contribution in [1.29, 1.82) is 0 Å². The van der Waals surface area contributed by atoms with Gasteiger partial charge in [0.2, 0.25) is 0 Å². The molecule has 0 amide bonds. The maximum absolute atomic E-state index is 9.69. The molecule has 1 aromatic rings. The Morgan fingerprint density at radius 1 is 1.26 bits per heavy atom. The average molecular weight is 283 g/mol. The monoisotopic (exact) mass is 282 g/mol. The Balaban J connectivity index is 1.99. The van der Waals surface area contributed by atoms with Crippen molar-refractivity contribution in [1.82, 2.24) is 9.80 Å². The highest BCUT2D eigenvalue weighted by molar-refractivity contribution is 6.30. The summed E-state index contributed by atoms with van der Waals surface area (Å²) in [4.78, 5) is 4.85. The number of hydrogen-bond donors (Lipinski definition) is 1. The van der Waals surface area contributed by atoms with E-state index in [0.29, 0.717) is 0 Å². The minimum Gasteiger partial charge on any atom is -0.394 e. The van der Waals surface area contributed by atoms with Gasteiger partial charge in [-0.25, -0.2) is 0 Å². The van der Waals surface area contributed by atoms with Gasteiger partial charge in [0.15, 0.2) is 0 Å². The topological polar surface area (TPSA) is 26.7 Å². The zero-order valence-corrected chi connectivity index (χ0v) is 12.3. The van der Waals surface area contributed by atoms with Gasteiger partial charge in [-0.15, -0.1) is 0 Å². The van der Waals surface area contributed by atoms with Crippen LogP contribution in [0, 0.1) is 0 Å². The van der Waals surface area contributed by atoms with E-state index in [1.807, 2.05) is 24.3 Å². The number of aliphatic hydroxyl groups excluding tert-OH is 1. The number of nitrogens with zero attached hydrogens (tertiary/aromatic N) is 2. The Kier molecular flexibility index (Phi) is 5.64. The molecule has 1 N–H and O–H groups in total. The number of hydrogen-bond acceptors (Lipinski definition) is 3. The van der Waals surface area contributed by atoms with Crippen LogP contribution < -0.4 is 0 Å². The van der Waals surface area contributed by atoms with Crippen LogP contribution in [0.15, 0.2) is 24.3 Å². The Morgan fingerprint density at radius 2 is 2.00 bits per heavy atom. The average Bonchev–Trinajstić information content (AvgIpc) is 2.42.